The molecule has 0 radical (unpaired) electrons. The first-order valence-electron chi connectivity index (χ1n) is 7.37. The van der Waals surface area contributed by atoms with Gasteiger partial charge in [-0.15, -0.1) is 0 Å². The topological polar surface area (TPSA) is 55.1 Å². The van der Waals surface area contributed by atoms with E-state index in [0.29, 0.717) is 5.89 Å². The van der Waals surface area contributed by atoms with Crippen LogP contribution < -0.4 is 4.90 Å². The molecular formula is C17H16N4O. The van der Waals surface area contributed by atoms with Crippen molar-refractivity contribution in [2.24, 2.45) is 0 Å². The van der Waals surface area contributed by atoms with Gasteiger partial charge >= 0.3 is 0 Å². The van der Waals surface area contributed by atoms with Gasteiger partial charge in [-0.25, -0.2) is 9.97 Å². The van der Waals surface area contributed by atoms with E-state index in [2.05, 4.69) is 32.8 Å². The fourth-order valence-corrected chi connectivity index (χ4v) is 2.69. The third-order valence-electron chi connectivity index (χ3n) is 3.84. The number of pyridine rings is 2. The molecule has 0 unspecified atom stereocenters. The van der Waals surface area contributed by atoms with Crippen LogP contribution in [0.2, 0.25) is 0 Å². The van der Waals surface area contributed by atoms with Crippen LogP contribution in [0.4, 0.5) is 5.82 Å². The molecule has 110 valence electrons. The molecular weight excluding hydrogens is 276 g/mol. The third-order valence-corrected chi connectivity index (χ3v) is 3.84. The highest BCUT2D eigenvalue weighted by Crippen LogP contribution is 2.27. The summed E-state index contributed by atoms with van der Waals surface area (Å²) in [6.07, 6.45) is 4.44. The zero-order valence-corrected chi connectivity index (χ0v) is 12.4. The Morgan fingerprint density at radius 1 is 1.14 bits per heavy atom. The van der Waals surface area contributed by atoms with Crippen LogP contribution in [-0.4, -0.2) is 21.5 Å². The maximum atomic E-state index is 5.88. The van der Waals surface area contributed by atoms with Gasteiger partial charge in [0.25, 0.3) is 0 Å². The van der Waals surface area contributed by atoms with Crippen LogP contribution >= 0.6 is 0 Å². The van der Waals surface area contributed by atoms with Gasteiger partial charge in [-0.2, -0.15) is 0 Å². The lowest BCUT2D eigenvalue weighted by Gasteiger charge is -2.26. The fourth-order valence-electron chi connectivity index (χ4n) is 2.69. The molecule has 0 spiro atoms. The largest absolute Gasteiger partial charge is 0.439 e. The minimum absolute atomic E-state index is 0.602. The summed E-state index contributed by atoms with van der Waals surface area (Å²) in [5.74, 6) is 2.56. The average Bonchev–Trinajstić information content (AvgIpc) is 2.99. The molecule has 0 aliphatic carbocycles. The van der Waals surface area contributed by atoms with E-state index < -0.39 is 0 Å². The number of fused-ring (bicyclic) bond motifs is 1. The average molecular weight is 292 g/mol. The van der Waals surface area contributed by atoms with E-state index in [9.17, 15) is 0 Å². The van der Waals surface area contributed by atoms with Crippen LogP contribution in [0.1, 0.15) is 17.0 Å². The van der Waals surface area contributed by atoms with Gasteiger partial charge in [-0.1, -0.05) is 6.07 Å². The van der Waals surface area contributed by atoms with E-state index in [-0.39, 0.29) is 0 Å². The Labute approximate surface area is 128 Å². The maximum absolute atomic E-state index is 5.88. The minimum atomic E-state index is 0.602. The number of aryl methyl sites for hydroxylation is 1. The summed E-state index contributed by atoms with van der Waals surface area (Å²) in [5, 5.41) is 0. The van der Waals surface area contributed by atoms with E-state index in [1.165, 1.54) is 5.56 Å². The Morgan fingerprint density at radius 2 is 2.09 bits per heavy atom. The van der Waals surface area contributed by atoms with Crippen molar-refractivity contribution in [1.82, 2.24) is 15.0 Å². The molecule has 4 rings (SSSR count). The lowest BCUT2D eigenvalue weighted by atomic mass is 10.1. The van der Waals surface area contributed by atoms with Crippen LogP contribution in [0.5, 0.6) is 0 Å². The Morgan fingerprint density at radius 3 is 2.91 bits per heavy atom. The number of rotatable bonds is 2. The molecule has 1 aliphatic heterocycles. The monoisotopic (exact) mass is 292 g/mol. The smallest absolute Gasteiger partial charge is 0.245 e. The summed E-state index contributed by atoms with van der Waals surface area (Å²) >= 11 is 0. The fraction of sp³-hybridized carbons (Fsp3) is 0.235. The van der Waals surface area contributed by atoms with Crippen LogP contribution in [0, 0.1) is 6.92 Å². The Kier molecular flexibility index (Phi) is 3.11. The molecule has 0 atom stereocenters. The molecule has 5 nitrogen and oxygen atoms in total. The number of hydrogen-bond donors (Lipinski definition) is 0. The molecule has 4 heterocycles. The second-order valence-electron chi connectivity index (χ2n) is 5.47. The minimum Gasteiger partial charge on any atom is -0.439 e. The van der Waals surface area contributed by atoms with Gasteiger partial charge in [-0.3, -0.25) is 4.98 Å². The van der Waals surface area contributed by atoms with Gasteiger partial charge in [0.2, 0.25) is 5.89 Å². The first-order chi connectivity index (χ1) is 10.8. The number of aromatic nitrogens is 3. The van der Waals surface area contributed by atoms with Gasteiger partial charge in [0, 0.05) is 25.4 Å². The Bertz CT molecular complexity index is 797. The van der Waals surface area contributed by atoms with Gasteiger partial charge in [-0.05, 0) is 36.8 Å². The van der Waals surface area contributed by atoms with Crippen molar-refractivity contribution in [3.8, 4) is 11.6 Å². The normalized spacial score (nSPS) is 14.0. The van der Waals surface area contributed by atoms with Crippen molar-refractivity contribution < 1.29 is 4.42 Å². The van der Waals surface area contributed by atoms with Crippen molar-refractivity contribution in [3.05, 3.63) is 59.7 Å². The number of anilines is 1. The second kappa shape index (κ2) is 5.26. The van der Waals surface area contributed by atoms with Crippen molar-refractivity contribution in [2.75, 3.05) is 11.4 Å². The quantitative estimate of drug-likeness (QED) is 0.726. The van der Waals surface area contributed by atoms with Gasteiger partial charge < -0.3 is 9.32 Å². The molecule has 0 N–H and O–H groups in total. The highest BCUT2D eigenvalue weighted by atomic mass is 16.4. The molecule has 3 aromatic heterocycles. The molecule has 0 saturated heterocycles. The predicted molar refractivity (Wildman–Crippen MR) is 83.5 cm³/mol. The molecule has 0 saturated carbocycles. The molecule has 0 amide bonds. The van der Waals surface area contributed by atoms with E-state index in [4.69, 9.17) is 4.42 Å². The molecule has 0 bridgehead atoms. The first kappa shape index (κ1) is 13.0. The van der Waals surface area contributed by atoms with Crippen molar-refractivity contribution in [3.63, 3.8) is 0 Å². The molecule has 3 aromatic rings. The molecule has 5 heteroatoms. The number of oxazole rings is 1. The van der Waals surface area contributed by atoms with Crippen molar-refractivity contribution in [1.29, 1.82) is 0 Å². The zero-order chi connectivity index (χ0) is 14.9. The van der Waals surface area contributed by atoms with Crippen molar-refractivity contribution in [2.45, 2.75) is 19.9 Å². The predicted octanol–water partition coefficient (Wildman–Crippen LogP) is 3.00. The first-order valence-corrected chi connectivity index (χ1v) is 7.37. The molecule has 0 fully saturated rings. The summed E-state index contributed by atoms with van der Waals surface area (Å²) in [6, 6.07) is 9.85. The van der Waals surface area contributed by atoms with Gasteiger partial charge in [0.05, 0.1) is 6.54 Å². The lowest BCUT2D eigenvalue weighted by molar-refractivity contribution is 0.497. The lowest BCUT2D eigenvalue weighted by Crippen LogP contribution is -2.30. The second-order valence-corrected chi connectivity index (χ2v) is 5.47. The van der Waals surface area contributed by atoms with Crippen LogP contribution in [0.25, 0.3) is 11.6 Å². The highest BCUT2D eigenvalue weighted by molar-refractivity contribution is 5.49. The molecule has 0 aromatic carbocycles. The standard InChI is InChI=1S/C17H16N4O/c1-12-5-8-19-16(10-12)21-9-6-15-14(11-21)20-17(22-15)13-4-2-3-7-18-13/h2-5,7-8,10H,6,9,11H2,1H3. The van der Waals surface area contributed by atoms with Gasteiger partial charge in [0.15, 0.2) is 0 Å². The molecule has 22 heavy (non-hydrogen) atoms. The summed E-state index contributed by atoms with van der Waals surface area (Å²) in [4.78, 5) is 15.6. The summed E-state index contributed by atoms with van der Waals surface area (Å²) < 4.78 is 5.88. The van der Waals surface area contributed by atoms with E-state index >= 15 is 0 Å². The Hall–Kier alpha value is -2.69. The maximum Gasteiger partial charge on any atom is 0.245 e. The van der Waals surface area contributed by atoms with E-state index in [1.54, 1.807) is 6.20 Å². The highest BCUT2D eigenvalue weighted by Gasteiger charge is 2.23. The van der Waals surface area contributed by atoms with Crippen LogP contribution in [-0.2, 0) is 13.0 Å². The van der Waals surface area contributed by atoms with Crippen molar-refractivity contribution >= 4 is 5.82 Å². The number of nitrogens with zero attached hydrogens (tertiary/aromatic N) is 4. The SMILES string of the molecule is Cc1ccnc(N2CCc3oc(-c4ccccn4)nc3C2)c1. The van der Waals surface area contributed by atoms with E-state index in [1.807, 2.05) is 30.5 Å². The van der Waals surface area contributed by atoms with Crippen LogP contribution in [0.3, 0.4) is 0 Å². The summed E-state index contributed by atoms with van der Waals surface area (Å²) in [7, 11) is 0. The number of hydrogen-bond acceptors (Lipinski definition) is 5. The van der Waals surface area contributed by atoms with Gasteiger partial charge in [0.1, 0.15) is 23.0 Å². The summed E-state index contributed by atoms with van der Waals surface area (Å²) in [5.41, 5.74) is 2.97. The van der Waals surface area contributed by atoms with Crippen LogP contribution in [0.15, 0.2) is 47.1 Å². The third kappa shape index (κ3) is 2.35. The summed E-state index contributed by atoms with van der Waals surface area (Å²) in [6.45, 7) is 3.69. The van der Waals surface area contributed by atoms with E-state index in [0.717, 1.165) is 42.5 Å². The molecule has 1 aliphatic rings. The zero-order valence-electron chi connectivity index (χ0n) is 12.4. The Balaban J connectivity index is 1.63.